The van der Waals surface area contributed by atoms with Crippen LogP contribution in [0.5, 0.6) is 5.75 Å². The standard InChI is InChI=1S/C15H23NO3/c1-11(2)12-6-7-14(18-4)13(8-12)9-16(3)10-15(17)19-5/h6-8,11H,9-10H2,1-5H3. The van der Waals surface area contributed by atoms with E-state index >= 15 is 0 Å². The topological polar surface area (TPSA) is 38.8 Å². The molecule has 0 aliphatic heterocycles. The van der Waals surface area contributed by atoms with E-state index in [1.54, 1.807) is 7.11 Å². The Balaban J connectivity index is 2.85. The highest BCUT2D eigenvalue weighted by Crippen LogP contribution is 2.25. The molecule has 0 heterocycles. The van der Waals surface area contributed by atoms with Crippen molar-refractivity contribution in [2.75, 3.05) is 27.8 Å². The maximum Gasteiger partial charge on any atom is 0.319 e. The lowest BCUT2D eigenvalue weighted by molar-refractivity contribution is -0.141. The average Bonchev–Trinajstić information content (AvgIpc) is 2.38. The molecule has 1 rings (SSSR count). The molecule has 0 radical (unpaired) electrons. The van der Waals surface area contributed by atoms with E-state index in [1.165, 1.54) is 12.7 Å². The largest absolute Gasteiger partial charge is 0.496 e. The minimum Gasteiger partial charge on any atom is -0.496 e. The number of methoxy groups -OCH3 is 2. The van der Waals surface area contributed by atoms with Gasteiger partial charge in [-0.15, -0.1) is 0 Å². The van der Waals surface area contributed by atoms with Crippen LogP contribution in [0.2, 0.25) is 0 Å². The van der Waals surface area contributed by atoms with Crippen molar-refractivity contribution in [2.45, 2.75) is 26.3 Å². The van der Waals surface area contributed by atoms with Crippen molar-refractivity contribution in [1.29, 1.82) is 0 Å². The number of hydrogen-bond acceptors (Lipinski definition) is 4. The minimum atomic E-state index is -0.235. The maximum atomic E-state index is 11.2. The van der Waals surface area contributed by atoms with E-state index in [2.05, 4.69) is 30.7 Å². The molecule has 1 aromatic rings. The molecule has 0 spiro atoms. The normalized spacial score (nSPS) is 10.9. The molecule has 0 aliphatic rings. The Morgan fingerprint density at radius 1 is 1.32 bits per heavy atom. The van der Waals surface area contributed by atoms with Gasteiger partial charge in [0.25, 0.3) is 0 Å². The molecule has 0 bridgehead atoms. The smallest absolute Gasteiger partial charge is 0.319 e. The molecule has 0 saturated heterocycles. The van der Waals surface area contributed by atoms with Crippen LogP contribution < -0.4 is 4.74 Å². The van der Waals surface area contributed by atoms with Gasteiger partial charge in [-0.2, -0.15) is 0 Å². The molecular formula is C15H23NO3. The quantitative estimate of drug-likeness (QED) is 0.740. The molecule has 0 fully saturated rings. The molecule has 0 atom stereocenters. The van der Waals surface area contributed by atoms with Crippen LogP contribution in [0.25, 0.3) is 0 Å². The zero-order chi connectivity index (χ0) is 14.4. The fraction of sp³-hybridized carbons (Fsp3) is 0.533. The highest BCUT2D eigenvalue weighted by molar-refractivity contribution is 5.71. The lowest BCUT2D eigenvalue weighted by atomic mass is 10.00. The maximum absolute atomic E-state index is 11.2. The first-order valence-corrected chi connectivity index (χ1v) is 6.40. The highest BCUT2D eigenvalue weighted by Gasteiger charge is 2.11. The van der Waals surface area contributed by atoms with Crippen LogP contribution in [0.3, 0.4) is 0 Å². The number of benzene rings is 1. The lowest BCUT2D eigenvalue weighted by Crippen LogP contribution is -2.26. The second-order valence-corrected chi connectivity index (χ2v) is 4.97. The molecule has 0 unspecified atom stereocenters. The molecule has 0 amide bonds. The average molecular weight is 265 g/mol. The molecule has 19 heavy (non-hydrogen) atoms. The Morgan fingerprint density at radius 3 is 2.53 bits per heavy atom. The van der Waals surface area contributed by atoms with Gasteiger partial charge >= 0.3 is 5.97 Å². The first kappa shape index (κ1) is 15.5. The van der Waals surface area contributed by atoms with Gasteiger partial charge in [0.15, 0.2) is 0 Å². The summed E-state index contributed by atoms with van der Waals surface area (Å²) in [7, 11) is 4.95. The molecule has 106 valence electrons. The van der Waals surface area contributed by atoms with E-state index < -0.39 is 0 Å². The molecule has 4 nitrogen and oxygen atoms in total. The third-order valence-corrected chi connectivity index (χ3v) is 3.04. The van der Waals surface area contributed by atoms with E-state index in [0.29, 0.717) is 12.5 Å². The number of ether oxygens (including phenoxy) is 2. The van der Waals surface area contributed by atoms with Crippen LogP contribution in [0.1, 0.15) is 30.9 Å². The Kier molecular flexibility index (Phi) is 5.83. The summed E-state index contributed by atoms with van der Waals surface area (Å²) in [6.07, 6.45) is 0. The summed E-state index contributed by atoms with van der Waals surface area (Å²) in [4.78, 5) is 13.2. The fourth-order valence-electron chi connectivity index (χ4n) is 1.91. The second-order valence-electron chi connectivity index (χ2n) is 4.97. The van der Waals surface area contributed by atoms with Gasteiger partial charge in [0.05, 0.1) is 20.8 Å². The van der Waals surface area contributed by atoms with Gasteiger partial charge in [-0.1, -0.05) is 26.0 Å². The molecule has 4 heteroatoms. The first-order chi connectivity index (χ1) is 8.97. The number of hydrogen-bond donors (Lipinski definition) is 0. The van der Waals surface area contributed by atoms with E-state index in [4.69, 9.17) is 4.74 Å². The highest BCUT2D eigenvalue weighted by atomic mass is 16.5. The molecule has 0 saturated carbocycles. The third kappa shape index (κ3) is 4.56. The number of esters is 1. The van der Waals surface area contributed by atoms with E-state index in [0.717, 1.165) is 11.3 Å². The summed E-state index contributed by atoms with van der Waals surface area (Å²) in [6, 6.07) is 6.20. The Hall–Kier alpha value is -1.55. The number of likely N-dealkylation sites (N-methyl/N-ethyl adjacent to an activating group) is 1. The molecule has 1 aromatic carbocycles. The van der Waals surface area contributed by atoms with Gasteiger partial charge in [-0.05, 0) is 24.6 Å². The number of rotatable bonds is 6. The Labute approximate surface area is 115 Å². The molecule has 0 aliphatic carbocycles. The summed E-state index contributed by atoms with van der Waals surface area (Å²) < 4.78 is 10.0. The van der Waals surface area contributed by atoms with Crippen LogP contribution >= 0.6 is 0 Å². The molecular weight excluding hydrogens is 242 g/mol. The van der Waals surface area contributed by atoms with Crippen molar-refractivity contribution in [2.24, 2.45) is 0 Å². The Bertz CT molecular complexity index is 429. The van der Waals surface area contributed by atoms with Crippen LogP contribution in [0.4, 0.5) is 0 Å². The lowest BCUT2D eigenvalue weighted by Gasteiger charge is -2.18. The summed E-state index contributed by atoms with van der Waals surface area (Å²) in [6.45, 7) is 5.23. The minimum absolute atomic E-state index is 0.235. The van der Waals surface area contributed by atoms with Gasteiger partial charge in [-0.25, -0.2) is 0 Å². The van der Waals surface area contributed by atoms with Gasteiger partial charge in [0.2, 0.25) is 0 Å². The summed E-state index contributed by atoms with van der Waals surface area (Å²) >= 11 is 0. The van der Waals surface area contributed by atoms with Crippen molar-refractivity contribution in [1.82, 2.24) is 4.90 Å². The number of nitrogens with zero attached hydrogens (tertiary/aromatic N) is 1. The van der Waals surface area contributed by atoms with E-state index in [9.17, 15) is 4.79 Å². The molecule has 0 N–H and O–H groups in total. The SMILES string of the molecule is COC(=O)CN(C)Cc1cc(C(C)C)ccc1OC. The zero-order valence-corrected chi connectivity index (χ0v) is 12.4. The predicted molar refractivity (Wildman–Crippen MR) is 75.4 cm³/mol. The van der Waals surface area contributed by atoms with Gasteiger partial charge in [0, 0.05) is 12.1 Å². The van der Waals surface area contributed by atoms with Crippen LogP contribution in [0, 0.1) is 0 Å². The monoisotopic (exact) mass is 265 g/mol. The summed E-state index contributed by atoms with van der Waals surface area (Å²) in [5.41, 5.74) is 2.35. The van der Waals surface area contributed by atoms with Gasteiger partial charge in [0.1, 0.15) is 5.75 Å². The van der Waals surface area contributed by atoms with E-state index in [-0.39, 0.29) is 12.5 Å². The van der Waals surface area contributed by atoms with E-state index in [1.807, 2.05) is 18.0 Å². The number of carbonyl (C=O) groups is 1. The van der Waals surface area contributed by atoms with Crippen LogP contribution in [-0.2, 0) is 16.1 Å². The predicted octanol–water partition coefficient (Wildman–Crippen LogP) is 2.42. The van der Waals surface area contributed by atoms with Crippen LogP contribution in [0.15, 0.2) is 18.2 Å². The number of carbonyl (C=O) groups excluding carboxylic acids is 1. The summed E-state index contributed by atoms with van der Waals surface area (Å²) in [5.74, 6) is 1.08. The van der Waals surface area contributed by atoms with Crippen molar-refractivity contribution >= 4 is 5.97 Å². The fourth-order valence-corrected chi connectivity index (χ4v) is 1.91. The zero-order valence-electron chi connectivity index (χ0n) is 12.4. The Morgan fingerprint density at radius 2 is 2.00 bits per heavy atom. The van der Waals surface area contributed by atoms with Crippen molar-refractivity contribution in [3.63, 3.8) is 0 Å². The van der Waals surface area contributed by atoms with Gasteiger partial charge < -0.3 is 9.47 Å². The summed E-state index contributed by atoms with van der Waals surface area (Å²) in [5, 5.41) is 0. The molecule has 0 aromatic heterocycles. The van der Waals surface area contributed by atoms with Crippen molar-refractivity contribution < 1.29 is 14.3 Å². The van der Waals surface area contributed by atoms with Crippen molar-refractivity contribution in [3.8, 4) is 5.75 Å². The van der Waals surface area contributed by atoms with Gasteiger partial charge in [-0.3, -0.25) is 9.69 Å². The third-order valence-electron chi connectivity index (χ3n) is 3.04. The van der Waals surface area contributed by atoms with Crippen LogP contribution in [-0.4, -0.2) is 38.7 Å². The van der Waals surface area contributed by atoms with Crippen molar-refractivity contribution in [3.05, 3.63) is 29.3 Å². The first-order valence-electron chi connectivity index (χ1n) is 6.40. The second kappa shape index (κ2) is 7.14.